The summed E-state index contributed by atoms with van der Waals surface area (Å²) in [7, 11) is 0. The number of hydrogen-bond acceptors (Lipinski definition) is 3. The number of carbonyl (C=O) groups is 2. The van der Waals surface area contributed by atoms with Gasteiger partial charge in [0.15, 0.2) is 5.69 Å². The molecule has 1 amide bonds. The first-order valence-electron chi connectivity index (χ1n) is 10.5. The van der Waals surface area contributed by atoms with E-state index >= 15 is 0 Å². The van der Waals surface area contributed by atoms with Gasteiger partial charge in [0.2, 0.25) is 0 Å². The standard InChI is InChI=1S/C24H22FN3O3/c25-17-9-11-18(12-10-17)28-20-8-4-3-7-19(20)22(26-28)23(29)27-14-16-6-2-1-5-15(16)13-21(27)24(30)31/h1-2,5-6,9-12,21H,3-4,7-8,13-14H2,(H,30,31)/t21-/m1/s1. The molecule has 1 aromatic heterocycles. The van der Waals surface area contributed by atoms with E-state index in [9.17, 15) is 19.1 Å². The third kappa shape index (κ3) is 3.40. The zero-order valence-electron chi connectivity index (χ0n) is 16.9. The molecule has 1 N–H and O–H groups in total. The molecule has 1 aliphatic heterocycles. The number of halogens is 1. The number of carboxylic acids is 1. The first kappa shape index (κ1) is 19.5. The van der Waals surface area contributed by atoms with E-state index in [4.69, 9.17) is 0 Å². The van der Waals surface area contributed by atoms with Crippen molar-refractivity contribution in [3.05, 3.63) is 82.4 Å². The van der Waals surface area contributed by atoms with Crippen molar-refractivity contribution < 1.29 is 19.1 Å². The van der Waals surface area contributed by atoms with E-state index in [1.807, 2.05) is 24.3 Å². The topological polar surface area (TPSA) is 75.4 Å². The van der Waals surface area contributed by atoms with Crippen LogP contribution in [0.4, 0.5) is 4.39 Å². The van der Waals surface area contributed by atoms with Gasteiger partial charge in [-0.1, -0.05) is 24.3 Å². The monoisotopic (exact) mass is 419 g/mol. The van der Waals surface area contributed by atoms with Crippen molar-refractivity contribution in [2.24, 2.45) is 0 Å². The van der Waals surface area contributed by atoms with E-state index in [1.165, 1.54) is 17.0 Å². The Balaban J connectivity index is 1.57. The number of carboxylic acid groups (broad SMARTS) is 1. The Morgan fingerprint density at radius 3 is 2.45 bits per heavy atom. The minimum Gasteiger partial charge on any atom is -0.480 e. The second-order valence-corrected chi connectivity index (χ2v) is 8.13. The second-order valence-electron chi connectivity index (χ2n) is 8.13. The number of aromatic nitrogens is 2. The van der Waals surface area contributed by atoms with Gasteiger partial charge in [-0.2, -0.15) is 5.10 Å². The Morgan fingerprint density at radius 1 is 1.00 bits per heavy atom. The summed E-state index contributed by atoms with van der Waals surface area (Å²) < 4.78 is 15.1. The number of nitrogens with zero attached hydrogens (tertiary/aromatic N) is 3. The lowest BCUT2D eigenvalue weighted by Crippen LogP contribution is -2.49. The van der Waals surface area contributed by atoms with E-state index in [1.54, 1.807) is 16.8 Å². The van der Waals surface area contributed by atoms with Crippen LogP contribution in [0.2, 0.25) is 0 Å². The molecule has 0 radical (unpaired) electrons. The average molecular weight is 419 g/mol. The van der Waals surface area contributed by atoms with Crippen LogP contribution >= 0.6 is 0 Å². The normalized spacial score (nSPS) is 17.7. The highest BCUT2D eigenvalue weighted by molar-refractivity contribution is 5.97. The van der Waals surface area contributed by atoms with Crippen molar-refractivity contribution in [2.75, 3.05) is 0 Å². The summed E-state index contributed by atoms with van der Waals surface area (Å²) in [6.07, 6.45) is 3.71. The molecule has 31 heavy (non-hydrogen) atoms. The van der Waals surface area contributed by atoms with Gasteiger partial charge >= 0.3 is 5.97 Å². The number of amides is 1. The minimum atomic E-state index is -1.02. The summed E-state index contributed by atoms with van der Waals surface area (Å²) in [4.78, 5) is 27.1. The van der Waals surface area contributed by atoms with E-state index < -0.39 is 12.0 Å². The maximum absolute atomic E-state index is 13.6. The van der Waals surface area contributed by atoms with Gasteiger partial charge in [0, 0.05) is 24.2 Å². The van der Waals surface area contributed by atoms with Gasteiger partial charge in [-0.3, -0.25) is 4.79 Å². The van der Waals surface area contributed by atoms with Crippen molar-refractivity contribution in [2.45, 2.75) is 44.7 Å². The molecule has 1 aliphatic carbocycles. The molecule has 0 spiro atoms. The van der Waals surface area contributed by atoms with E-state index in [0.29, 0.717) is 11.4 Å². The lowest BCUT2D eigenvalue weighted by atomic mass is 9.92. The Labute approximate surface area is 178 Å². The molecular formula is C24H22FN3O3. The predicted octanol–water partition coefficient (Wildman–Crippen LogP) is 3.54. The summed E-state index contributed by atoms with van der Waals surface area (Å²) in [5.41, 5.74) is 4.74. The van der Waals surface area contributed by atoms with E-state index in [2.05, 4.69) is 5.10 Å². The largest absolute Gasteiger partial charge is 0.480 e. The molecular weight excluding hydrogens is 397 g/mol. The fourth-order valence-corrected chi connectivity index (χ4v) is 4.66. The van der Waals surface area contributed by atoms with Crippen LogP contribution in [-0.2, 0) is 30.6 Å². The van der Waals surface area contributed by atoms with Crippen LogP contribution in [0.3, 0.4) is 0 Å². The number of fused-ring (bicyclic) bond motifs is 2. The molecule has 0 fully saturated rings. The van der Waals surface area contributed by atoms with Gasteiger partial charge in [-0.05, 0) is 61.1 Å². The van der Waals surface area contributed by atoms with Crippen LogP contribution in [-0.4, -0.2) is 37.7 Å². The molecule has 2 heterocycles. The van der Waals surface area contributed by atoms with Crippen LogP contribution in [0.25, 0.3) is 5.69 Å². The van der Waals surface area contributed by atoms with Gasteiger partial charge in [0.1, 0.15) is 11.9 Å². The van der Waals surface area contributed by atoms with E-state index in [-0.39, 0.29) is 24.7 Å². The van der Waals surface area contributed by atoms with E-state index in [0.717, 1.165) is 48.1 Å². The molecule has 7 heteroatoms. The Kier molecular flexibility index (Phi) is 4.81. The zero-order valence-corrected chi connectivity index (χ0v) is 16.9. The van der Waals surface area contributed by atoms with Crippen LogP contribution < -0.4 is 0 Å². The Morgan fingerprint density at radius 2 is 1.71 bits per heavy atom. The fraction of sp³-hybridized carbons (Fsp3) is 0.292. The third-order valence-corrected chi connectivity index (χ3v) is 6.25. The molecule has 3 aromatic rings. The third-order valence-electron chi connectivity index (χ3n) is 6.25. The predicted molar refractivity (Wildman–Crippen MR) is 112 cm³/mol. The summed E-state index contributed by atoms with van der Waals surface area (Å²) >= 11 is 0. The zero-order chi connectivity index (χ0) is 21.5. The van der Waals surface area contributed by atoms with Crippen LogP contribution in [0.1, 0.15) is 45.7 Å². The SMILES string of the molecule is O=C(O)[C@H]1Cc2ccccc2CN1C(=O)c1nn(-c2ccc(F)cc2)c2c1CCCC2. The van der Waals surface area contributed by atoms with Crippen molar-refractivity contribution in [3.8, 4) is 5.69 Å². The molecule has 2 aliphatic rings. The Bertz CT molecular complexity index is 1170. The molecule has 1 atom stereocenters. The molecule has 0 bridgehead atoms. The molecule has 6 nitrogen and oxygen atoms in total. The summed E-state index contributed by atoms with van der Waals surface area (Å²) in [5.74, 6) is -1.71. The first-order valence-corrected chi connectivity index (χ1v) is 10.5. The highest BCUT2D eigenvalue weighted by Crippen LogP contribution is 2.30. The fourth-order valence-electron chi connectivity index (χ4n) is 4.66. The summed E-state index contributed by atoms with van der Waals surface area (Å²) in [6.45, 7) is 0.240. The molecule has 2 aromatic carbocycles. The number of rotatable bonds is 3. The van der Waals surface area contributed by atoms with Gasteiger partial charge in [0.05, 0.1) is 5.69 Å². The van der Waals surface area contributed by atoms with Gasteiger partial charge < -0.3 is 10.0 Å². The maximum atomic E-state index is 13.6. The molecule has 158 valence electrons. The number of aliphatic carboxylic acids is 1. The summed E-state index contributed by atoms with van der Waals surface area (Å²) in [6, 6.07) is 12.7. The van der Waals surface area contributed by atoms with Crippen LogP contribution in [0.15, 0.2) is 48.5 Å². The molecule has 5 rings (SSSR count). The second kappa shape index (κ2) is 7.65. The van der Waals surface area contributed by atoms with Crippen LogP contribution in [0, 0.1) is 5.82 Å². The number of hydrogen-bond donors (Lipinski definition) is 1. The van der Waals surface area contributed by atoms with Gasteiger partial charge in [-0.25, -0.2) is 13.9 Å². The lowest BCUT2D eigenvalue weighted by molar-refractivity contribution is -0.142. The summed E-state index contributed by atoms with van der Waals surface area (Å²) in [5, 5.41) is 14.4. The highest BCUT2D eigenvalue weighted by Gasteiger charge is 2.37. The van der Waals surface area contributed by atoms with Gasteiger partial charge in [0.25, 0.3) is 5.91 Å². The lowest BCUT2D eigenvalue weighted by Gasteiger charge is -2.34. The maximum Gasteiger partial charge on any atom is 0.326 e. The molecule has 0 saturated heterocycles. The van der Waals surface area contributed by atoms with Crippen LogP contribution in [0.5, 0.6) is 0 Å². The van der Waals surface area contributed by atoms with Crippen molar-refractivity contribution in [3.63, 3.8) is 0 Å². The molecule has 0 saturated carbocycles. The first-order chi connectivity index (χ1) is 15.0. The quantitative estimate of drug-likeness (QED) is 0.705. The van der Waals surface area contributed by atoms with Crippen molar-refractivity contribution >= 4 is 11.9 Å². The minimum absolute atomic E-state index is 0.240. The average Bonchev–Trinajstić information content (AvgIpc) is 3.18. The van der Waals surface area contributed by atoms with Gasteiger partial charge in [-0.15, -0.1) is 0 Å². The number of benzene rings is 2. The Hall–Kier alpha value is -3.48. The smallest absolute Gasteiger partial charge is 0.326 e. The number of carbonyl (C=O) groups excluding carboxylic acids is 1. The van der Waals surface area contributed by atoms with Crippen molar-refractivity contribution in [1.82, 2.24) is 14.7 Å². The highest BCUT2D eigenvalue weighted by atomic mass is 19.1. The molecule has 0 unspecified atom stereocenters. The van der Waals surface area contributed by atoms with Crippen molar-refractivity contribution in [1.29, 1.82) is 0 Å².